The second-order valence-corrected chi connectivity index (χ2v) is 5.49. The predicted octanol–water partition coefficient (Wildman–Crippen LogP) is 2.41. The standard InChI is InChI=1S/C17H22N4O3/c1-10(2)19-20-12(4)13(5)21-24-9-14-8-6-7-11(3)15(14)16(22)17(18)23/h6-8H,9H2,1-5H3,(H2,18,23)/b20-12-,21-13-. The van der Waals surface area contributed by atoms with Gasteiger partial charge in [0.25, 0.3) is 11.7 Å². The van der Waals surface area contributed by atoms with Crippen LogP contribution in [0, 0.1) is 6.92 Å². The second kappa shape index (κ2) is 8.71. The Balaban J connectivity index is 2.93. The summed E-state index contributed by atoms with van der Waals surface area (Å²) < 4.78 is 0. The molecule has 0 aliphatic rings. The van der Waals surface area contributed by atoms with E-state index in [9.17, 15) is 9.59 Å². The molecule has 0 radical (unpaired) electrons. The topological polar surface area (TPSA) is 106 Å². The lowest BCUT2D eigenvalue weighted by molar-refractivity contribution is -0.114. The fourth-order valence-electron chi connectivity index (χ4n) is 1.81. The van der Waals surface area contributed by atoms with Crippen LogP contribution in [-0.4, -0.2) is 28.8 Å². The summed E-state index contributed by atoms with van der Waals surface area (Å²) in [7, 11) is 0. The van der Waals surface area contributed by atoms with Gasteiger partial charge in [-0.3, -0.25) is 9.59 Å². The number of oxime groups is 1. The highest BCUT2D eigenvalue weighted by Gasteiger charge is 2.19. The number of carbonyl (C=O) groups is 2. The molecule has 0 aliphatic carbocycles. The number of rotatable bonds is 7. The lowest BCUT2D eigenvalue weighted by atomic mass is 9.98. The summed E-state index contributed by atoms with van der Waals surface area (Å²) in [6, 6.07) is 5.20. The van der Waals surface area contributed by atoms with Gasteiger partial charge in [-0.05, 0) is 40.2 Å². The van der Waals surface area contributed by atoms with Crippen LogP contribution in [0.2, 0.25) is 0 Å². The molecule has 0 heterocycles. The number of benzene rings is 1. The van der Waals surface area contributed by atoms with Gasteiger partial charge in [-0.25, -0.2) is 0 Å². The molecule has 24 heavy (non-hydrogen) atoms. The summed E-state index contributed by atoms with van der Waals surface area (Å²) in [6.07, 6.45) is 0. The maximum absolute atomic E-state index is 11.9. The molecule has 0 aromatic heterocycles. The van der Waals surface area contributed by atoms with Crippen LogP contribution >= 0.6 is 0 Å². The van der Waals surface area contributed by atoms with E-state index in [0.717, 1.165) is 5.71 Å². The molecule has 1 amide bonds. The first kappa shape index (κ1) is 19.2. The minimum atomic E-state index is -0.999. The smallest absolute Gasteiger partial charge is 0.289 e. The van der Waals surface area contributed by atoms with Gasteiger partial charge in [0.05, 0.1) is 11.4 Å². The molecule has 0 aliphatic heterocycles. The Kier molecular flexibility index (Phi) is 6.98. The highest BCUT2D eigenvalue weighted by atomic mass is 16.6. The number of aryl methyl sites for hydroxylation is 1. The van der Waals surface area contributed by atoms with Crippen molar-refractivity contribution in [1.82, 2.24) is 0 Å². The Labute approximate surface area is 141 Å². The largest absolute Gasteiger partial charge is 0.391 e. The summed E-state index contributed by atoms with van der Waals surface area (Å²) in [4.78, 5) is 28.4. The summed E-state index contributed by atoms with van der Waals surface area (Å²) in [5.41, 5.74) is 8.58. The quantitative estimate of drug-likeness (QED) is 0.359. The third-order valence-corrected chi connectivity index (χ3v) is 3.16. The van der Waals surface area contributed by atoms with Crippen LogP contribution in [0.4, 0.5) is 0 Å². The zero-order valence-electron chi connectivity index (χ0n) is 14.6. The molecule has 7 nitrogen and oxygen atoms in total. The molecule has 0 spiro atoms. The fourth-order valence-corrected chi connectivity index (χ4v) is 1.81. The van der Waals surface area contributed by atoms with E-state index >= 15 is 0 Å². The summed E-state index contributed by atoms with van der Waals surface area (Å²) >= 11 is 0. The van der Waals surface area contributed by atoms with E-state index in [0.29, 0.717) is 22.6 Å². The van der Waals surface area contributed by atoms with Crippen LogP contribution in [0.15, 0.2) is 33.6 Å². The summed E-state index contributed by atoms with van der Waals surface area (Å²) in [5.74, 6) is -1.74. The number of hydrogen-bond acceptors (Lipinski definition) is 6. The zero-order valence-corrected chi connectivity index (χ0v) is 14.6. The maximum Gasteiger partial charge on any atom is 0.289 e. The van der Waals surface area contributed by atoms with Crippen LogP contribution in [0.1, 0.15) is 49.2 Å². The third kappa shape index (κ3) is 5.42. The van der Waals surface area contributed by atoms with Gasteiger partial charge in [0, 0.05) is 16.8 Å². The highest BCUT2D eigenvalue weighted by molar-refractivity contribution is 6.43. The van der Waals surface area contributed by atoms with Gasteiger partial charge in [0.1, 0.15) is 6.61 Å². The first-order valence-electron chi connectivity index (χ1n) is 7.39. The summed E-state index contributed by atoms with van der Waals surface area (Å²) in [6.45, 7) is 8.96. The molecule has 128 valence electrons. The molecule has 0 bridgehead atoms. The molecule has 0 saturated carbocycles. The van der Waals surface area contributed by atoms with E-state index in [1.165, 1.54) is 0 Å². The van der Waals surface area contributed by atoms with Gasteiger partial charge in [0.2, 0.25) is 0 Å². The van der Waals surface area contributed by atoms with E-state index in [1.54, 1.807) is 39.0 Å². The van der Waals surface area contributed by atoms with Crippen molar-refractivity contribution in [1.29, 1.82) is 0 Å². The predicted molar refractivity (Wildman–Crippen MR) is 94.5 cm³/mol. The van der Waals surface area contributed by atoms with Crippen LogP contribution in [0.25, 0.3) is 0 Å². The average molecular weight is 330 g/mol. The number of hydrogen-bond donors (Lipinski definition) is 1. The second-order valence-electron chi connectivity index (χ2n) is 5.49. The number of primary amides is 1. The number of ketones is 1. The molecule has 7 heteroatoms. The molecular formula is C17H22N4O3. The Hall–Kier alpha value is -2.83. The van der Waals surface area contributed by atoms with E-state index in [2.05, 4.69) is 15.4 Å². The SMILES string of the molecule is CC(C)=N/N=C(C)\C(C)=N/OCc1cccc(C)c1C(=O)C(N)=O. The number of nitrogens with zero attached hydrogens (tertiary/aromatic N) is 3. The molecular weight excluding hydrogens is 308 g/mol. The normalized spacial score (nSPS) is 11.9. The monoisotopic (exact) mass is 330 g/mol. The van der Waals surface area contributed by atoms with Gasteiger partial charge in [-0.2, -0.15) is 10.2 Å². The van der Waals surface area contributed by atoms with Crippen LogP contribution in [-0.2, 0) is 16.2 Å². The van der Waals surface area contributed by atoms with Crippen LogP contribution < -0.4 is 5.73 Å². The van der Waals surface area contributed by atoms with Gasteiger partial charge in [-0.1, -0.05) is 23.4 Å². The van der Waals surface area contributed by atoms with Crippen molar-refractivity contribution in [2.24, 2.45) is 21.1 Å². The number of Topliss-reactive ketones (excluding diaryl/α,β-unsaturated/α-hetero) is 1. The van der Waals surface area contributed by atoms with Gasteiger partial charge in [-0.15, -0.1) is 0 Å². The molecule has 0 atom stereocenters. The van der Waals surface area contributed by atoms with Crippen molar-refractivity contribution in [3.63, 3.8) is 0 Å². The maximum atomic E-state index is 11.9. The van der Waals surface area contributed by atoms with Gasteiger partial charge < -0.3 is 10.6 Å². The Morgan fingerprint density at radius 2 is 1.75 bits per heavy atom. The van der Waals surface area contributed by atoms with E-state index in [-0.39, 0.29) is 12.2 Å². The molecule has 0 saturated heterocycles. The number of carbonyl (C=O) groups excluding carboxylic acids is 2. The van der Waals surface area contributed by atoms with Crippen molar-refractivity contribution in [2.75, 3.05) is 0 Å². The van der Waals surface area contributed by atoms with Crippen molar-refractivity contribution < 1.29 is 14.4 Å². The van der Waals surface area contributed by atoms with E-state index in [1.807, 2.05) is 13.8 Å². The Morgan fingerprint density at radius 3 is 2.33 bits per heavy atom. The average Bonchev–Trinajstić information content (AvgIpc) is 2.51. The minimum absolute atomic E-state index is 0.0384. The van der Waals surface area contributed by atoms with Crippen molar-refractivity contribution in [3.8, 4) is 0 Å². The van der Waals surface area contributed by atoms with Crippen molar-refractivity contribution in [3.05, 3.63) is 34.9 Å². The number of nitrogens with two attached hydrogens (primary N) is 1. The molecule has 1 aromatic carbocycles. The zero-order chi connectivity index (χ0) is 18.3. The Morgan fingerprint density at radius 1 is 1.08 bits per heavy atom. The van der Waals surface area contributed by atoms with Crippen LogP contribution in [0.5, 0.6) is 0 Å². The summed E-state index contributed by atoms with van der Waals surface area (Å²) in [5, 5.41) is 11.9. The highest BCUT2D eigenvalue weighted by Crippen LogP contribution is 2.16. The molecule has 1 rings (SSSR count). The van der Waals surface area contributed by atoms with Crippen molar-refractivity contribution in [2.45, 2.75) is 41.2 Å². The van der Waals surface area contributed by atoms with Gasteiger partial charge >= 0.3 is 0 Å². The number of amides is 1. The van der Waals surface area contributed by atoms with Crippen molar-refractivity contribution >= 4 is 28.8 Å². The molecule has 0 unspecified atom stereocenters. The van der Waals surface area contributed by atoms with Crippen LogP contribution in [0.3, 0.4) is 0 Å². The van der Waals surface area contributed by atoms with E-state index < -0.39 is 11.7 Å². The Bertz CT molecular complexity index is 729. The lowest BCUT2D eigenvalue weighted by Gasteiger charge is -2.09. The van der Waals surface area contributed by atoms with E-state index in [4.69, 9.17) is 10.6 Å². The first-order valence-corrected chi connectivity index (χ1v) is 7.39. The fraction of sp³-hybridized carbons (Fsp3) is 0.353. The third-order valence-electron chi connectivity index (χ3n) is 3.16. The molecule has 2 N–H and O–H groups in total. The van der Waals surface area contributed by atoms with Gasteiger partial charge in [0.15, 0.2) is 0 Å². The first-order chi connectivity index (χ1) is 11.2. The minimum Gasteiger partial charge on any atom is -0.391 e. The molecule has 1 aromatic rings. The molecule has 0 fully saturated rings. The lowest BCUT2D eigenvalue weighted by Crippen LogP contribution is -2.25.